The number of anilines is 1. The van der Waals surface area contributed by atoms with Crippen LogP contribution in [-0.4, -0.2) is 25.1 Å². The van der Waals surface area contributed by atoms with Crippen molar-refractivity contribution in [3.8, 4) is 17.6 Å². The van der Waals surface area contributed by atoms with Gasteiger partial charge in [-0.2, -0.15) is 0 Å². The second-order valence-corrected chi connectivity index (χ2v) is 3.83. The normalized spacial score (nSPS) is 12.4. The average molecular weight is 259 g/mol. The minimum absolute atomic E-state index is 0.00665. The van der Waals surface area contributed by atoms with Crippen LogP contribution in [-0.2, 0) is 14.3 Å². The molecule has 1 heterocycles. The van der Waals surface area contributed by atoms with Gasteiger partial charge in [-0.3, -0.25) is 9.59 Å². The molecule has 0 aliphatic carbocycles. The molecule has 1 aliphatic rings. The lowest BCUT2D eigenvalue weighted by molar-refractivity contribution is -0.141. The van der Waals surface area contributed by atoms with Crippen molar-refractivity contribution in [2.24, 2.45) is 0 Å². The van der Waals surface area contributed by atoms with Crippen molar-refractivity contribution in [1.82, 2.24) is 0 Å². The van der Waals surface area contributed by atoms with Gasteiger partial charge in [0.2, 0.25) is 0 Å². The molecular formula is C14H13NO4. The second kappa shape index (κ2) is 5.91. The van der Waals surface area contributed by atoms with Crippen molar-refractivity contribution in [2.75, 3.05) is 18.5 Å². The van der Waals surface area contributed by atoms with Gasteiger partial charge in [-0.1, -0.05) is 11.8 Å². The third-order valence-electron chi connectivity index (χ3n) is 2.39. The van der Waals surface area contributed by atoms with Crippen LogP contribution in [0.25, 0.3) is 0 Å². The highest BCUT2D eigenvalue weighted by Gasteiger charge is 2.15. The number of amides is 1. The molecule has 2 rings (SSSR count). The summed E-state index contributed by atoms with van der Waals surface area (Å²) in [6, 6.07) is 5.21. The van der Waals surface area contributed by atoms with E-state index in [-0.39, 0.29) is 24.9 Å². The summed E-state index contributed by atoms with van der Waals surface area (Å²) >= 11 is 0. The molecule has 0 unspecified atom stereocenters. The van der Waals surface area contributed by atoms with E-state index in [1.54, 1.807) is 25.1 Å². The van der Waals surface area contributed by atoms with Gasteiger partial charge in [0.15, 0.2) is 6.61 Å². The van der Waals surface area contributed by atoms with Crippen LogP contribution >= 0.6 is 0 Å². The zero-order valence-corrected chi connectivity index (χ0v) is 10.5. The second-order valence-electron chi connectivity index (χ2n) is 3.83. The van der Waals surface area contributed by atoms with Crippen LogP contribution in [0.1, 0.15) is 18.9 Å². The highest BCUT2D eigenvalue weighted by Crippen LogP contribution is 2.28. The number of hydrogen-bond donors (Lipinski definition) is 1. The molecule has 0 atom stereocenters. The predicted molar refractivity (Wildman–Crippen MR) is 68.7 cm³/mol. The van der Waals surface area contributed by atoms with Crippen LogP contribution in [0.5, 0.6) is 5.75 Å². The van der Waals surface area contributed by atoms with E-state index < -0.39 is 0 Å². The summed E-state index contributed by atoms with van der Waals surface area (Å²) in [5.74, 6) is 5.66. The first-order valence-corrected chi connectivity index (χ1v) is 5.90. The highest BCUT2D eigenvalue weighted by molar-refractivity contribution is 5.95. The fourth-order valence-corrected chi connectivity index (χ4v) is 1.58. The van der Waals surface area contributed by atoms with Gasteiger partial charge >= 0.3 is 5.97 Å². The number of carbonyl (C=O) groups excluding carboxylic acids is 2. The number of esters is 1. The van der Waals surface area contributed by atoms with Crippen molar-refractivity contribution < 1.29 is 19.1 Å². The zero-order valence-electron chi connectivity index (χ0n) is 10.5. The Kier molecular flexibility index (Phi) is 4.04. The third-order valence-corrected chi connectivity index (χ3v) is 2.39. The number of benzene rings is 1. The lowest BCUT2D eigenvalue weighted by Crippen LogP contribution is -2.25. The standard InChI is InChI=1S/C14H13NO4/c1-2-18-14(17)5-3-4-10-6-7-11-12(8-10)19-9-13(16)15-11/h6-8H,2,5,9H2,1H3,(H,15,16). The summed E-state index contributed by atoms with van der Waals surface area (Å²) < 4.78 is 10.0. The molecule has 0 radical (unpaired) electrons. The van der Waals surface area contributed by atoms with Gasteiger partial charge in [-0.05, 0) is 25.1 Å². The van der Waals surface area contributed by atoms with E-state index in [9.17, 15) is 9.59 Å². The van der Waals surface area contributed by atoms with E-state index in [2.05, 4.69) is 17.2 Å². The molecule has 0 aromatic heterocycles. The van der Waals surface area contributed by atoms with Crippen molar-refractivity contribution in [3.05, 3.63) is 23.8 Å². The van der Waals surface area contributed by atoms with Gasteiger partial charge in [-0.15, -0.1) is 0 Å². The number of carbonyl (C=O) groups is 2. The number of fused-ring (bicyclic) bond motifs is 1. The minimum Gasteiger partial charge on any atom is -0.482 e. The fourth-order valence-electron chi connectivity index (χ4n) is 1.58. The quantitative estimate of drug-likeness (QED) is 0.642. The Morgan fingerprint density at radius 3 is 3.16 bits per heavy atom. The van der Waals surface area contributed by atoms with Crippen molar-refractivity contribution in [3.63, 3.8) is 0 Å². The Morgan fingerprint density at radius 2 is 2.37 bits per heavy atom. The zero-order chi connectivity index (χ0) is 13.7. The summed E-state index contributed by atoms with van der Waals surface area (Å²) in [6.07, 6.45) is 0.0581. The van der Waals surface area contributed by atoms with Gasteiger partial charge in [-0.25, -0.2) is 0 Å². The van der Waals surface area contributed by atoms with Crippen molar-refractivity contribution >= 4 is 17.6 Å². The van der Waals surface area contributed by atoms with Crippen LogP contribution in [0.3, 0.4) is 0 Å². The molecule has 0 bridgehead atoms. The van der Waals surface area contributed by atoms with Gasteiger partial charge in [0.05, 0.1) is 12.3 Å². The van der Waals surface area contributed by atoms with E-state index >= 15 is 0 Å². The molecule has 1 aromatic rings. The molecule has 0 spiro atoms. The van der Waals surface area contributed by atoms with E-state index in [1.165, 1.54) is 0 Å². The molecule has 1 N–H and O–H groups in total. The molecule has 0 fully saturated rings. The summed E-state index contributed by atoms with van der Waals surface area (Å²) in [6.45, 7) is 2.11. The Hall–Kier alpha value is -2.48. The molecule has 0 saturated heterocycles. The monoisotopic (exact) mass is 259 g/mol. The first-order chi connectivity index (χ1) is 9.19. The Balaban J connectivity index is 2.05. The lowest BCUT2D eigenvalue weighted by atomic mass is 10.1. The summed E-state index contributed by atoms with van der Waals surface area (Å²) in [5, 5.41) is 2.69. The molecule has 1 aromatic carbocycles. The number of nitrogens with one attached hydrogen (secondary N) is 1. The Bertz CT molecular complexity index is 569. The van der Waals surface area contributed by atoms with Crippen LogP contribution < -0.4 is 10.1 Å². The maximum Gasteiger partial charge on any atom is 0.317 e. The first kappa shape index (κ1) is 13.0. The number of rotatable bonds is 2. The maximum atomic E-state index is 11.1. The van der Waals surface area contributed by atoms with Gasteiger partial charge < -0.3 is 14.8 Å². The van der Waals surface area contributed by atoms with Gasteiger partial charge in [0.25, 0.3) is 5.91 Å². The summed E-state index contributed by atoms with van der Waals surface area (Å²) in [5.41, 5.74) is 1.35. The predicted octanol–water partition coefficient (Wildman–Crippen LogP) is 1.32. The van der Waals surface area contributed by atoms with E-state index in [1.807, 2.05) is 0 Å². The van der Waals surface area contributed by atoms with Crippen LogP contribution in [0.4, 0.5) is 5.69 Å². The largest absolute Gasteiger partial charge is 0.482 e. The van der Waals surface area contributed by atoms with E-state index in [0.717, 1.165) is 5.56 Å². The average Bonchev–Trinajstić information content (AvgIpc) is 2.39. The minimum atomic E-state index is -0.337. The number of ether oxygens (including phenoxy) is 2. The smallest absolute Gasteiger partial charge is 0.317 e. The van der Waals surface area contributed by atoms with Crippen molar-refractivity contribution in [1.29, 1.82) is 0 Å². The molecule has 1 aliphatic heterocycles. The third kappa shape index (κ3) is 3.49. The molecule has 5 nitrogen and oxygen atoms in total. The molecule has 19 heavy (non-hydrogen) atoms. The van der Waals surface area contributed by atoms with Crippen molar-refractivity contribution in [2.45, 2.75) is 13.3 Å². The molecule has 1 amide bonds. The molecule has 5 heteroatoms. The van der Waals surface area contributed by atoms with E-state index in [0.29, 0.717) is 18.0 Å². The summed E-state index contributed by atoms with van der Waals surface area (Å²) in [7, 11) is 0. The van der Waals surface area contributed by atoms with Crippen LogP contribution in [0.15, 0.2) is 18.2 Å². The highest BCUT2D eigenvalue weighted by atomic mass is 16.5. The number of hydrogen-bond acceptors (Lipinski definition) is 4. The summed E-state index contributed by atoms with van der Waals surface area (Å²) in [4.78, 5) is 22.2. The molecular weight excluding hydrogens is 246 g/mol. The molecule has 98 valence electrons. The van der Waals surface area contributed by atoms with Gasteiger partial charge in [0.1, 0.15) is 12.2 Å². The molecule has 0 saturated carbocycles. The van der Waals surface area contributed by atoms with Crippen LogP contribution in [0, 0.1) is 11.8 Å². The topological polar surface area (TPSA) is 64.6 Å². The Morgan fingerprint density at radius 1 is 1.53 bits per heavy atom. The lowest BCUT2D eigenvalue weighted by Gasteiger charge is -2.17. The first-order valence-electron chi connectivity index (χ1n) is 5.90. The van der Waals surface area contributed by atoms with Gasteiger partial charge in [0, 0.05) is 5.56 Å². The SMILES string of the molecule is CCOC(=O)CC#Cc1ccc2c(c1)OCC(=O)N2. The fraction of sp³-hybridized carbons (Fsp3) is 0.286. The van der Waals surface area contributed by atoms with Crippen LogP contribution in [0.2, 0.25) is 0 Å². The Labute approximate surface area is 110 Å². The maximum absolute atomic E-state index is 11.1. The van der Waals surface area contributed by atoms with E-state index in [4.69, 9.17) is 9.47 Å².